The Hall–Kier alpha value is -2.17. The van der Waals surface area contributed by atoms with Crippen LogP contribution in [-0.4, -0.2) is 35.6 Å². The van der Waals surface area contributed by atoms with Gasteiger partial charge in [0.25, 0.3) is 0 Å². The van der Waals surface area contributed by atoms with Crippen molar-refractivity contribution in [3.63, 3.8) is 0 Å². The number of aliphatic hydroxyl groups is 1. The van der Waals surface area contributed by atoms with Gasteiger partial charge in [-0.15, -0.1) is 0 Å². The molecule has 1 heterocycles. The van der Waals surface area contributed by atoms with Crippen LogP contribution in [-0.2, 0) is 11.2 Å². The number of aliphatic hydroxyl groups excluding tert-OH is 1. The number of carbonyl (C=O) groups is 1. The molecule has 2 aromatic rings. The van der Waals surface area contributed by atoms with Gasteiger partial charge in [0.05, 0.1) is 19.2 Å². The average Bonchev–Trinajstić information content (AvgIpc) is 2.57. The van der Waals surface area contributed by atoms with Crippen LogP contribution in [0.2, 0.25) is 0 Å². The Kier molecular flexibility index (Phi) is 4.74. The topological polar surface area (TPSA) is 52.6 Å². The predicted molar refractivity (Wildman–Crippen MR) is 91.4 cm³/mol. The van der Waals surface area contributed by atoms with E-state index in [4.69, 9.17) is 0 Å². The standard InChI is InChI=1S/C19H22N2O2/c1-14-6-8-16(9-7-14)20-19(23)12-21-11-10-15-4-2-3-5-17(15)18(21)13-22/h2-9,18,22H,10-13H2,1H3,(H,20,23). The van der Waals surface area contributed by atoms with Crippen molar-refractivity contribution in [2.24, 2.45) is 0 Å². The van der Waals surface area contributed by atoms with Gasteiger partial charge in [-0.05, 0) is 36.6 Å². The minimum atomic E-state index is -0.108. The molecule has 0 radical (unpaired) electrons. The van der Waals surface area contributed by atoms with Crippen molar-refractivity contribution in [1.82, 2.24) is 4.90 Å². The molecule has 120 valence electrons. The van der Waals surface area contributed by atoms with Crippen molar-refractivity contribution >= 4 is 11.6 Å². The lowest BCUT2D eigenvalue weighted by Gasteiger charge is -2.35. The minimum absolute atomic E-state index is 0.0226. The lowest BCUT2D eigenvalue weighted by atomic mass is 9.93. The van der Waals surface area contributed by atoms with E-state index >= 15 is 0 Å². The van der Waals surface area contributed by atoms with Gasteiger partial charge in [-0.1, -0.05) is 42.0 Å². The fourth-order valence-corrected chi connectivity index (χ4v) is 3.13. The summed E-state index contributed by atoms with van der Waals surface area (Å²) in [6.07, 6.45) is 0.907. The number of nitrogens with one attached hydrogen (secondary N) is 1. The highest BCUT2D eigenvalue weighted by Crippen LogP contribution is 2.28. The number of aryl methyl sites for hydroxylation is 1. The van der Waals surface area contributed by atoms with Gasteiger partial charge in [0.1, 0.15) is 0 Å². The van der Waals surface area contributed by atoms with E-state index in [0.29, 0.717) is 0 Å². The van der Waals surface area contributed by atoms with Crippen LogP contribution in [0.4, 0.5) is 5.69 Å². The van der Waals surface area contributed by atoms with Gasteiger partial charge in [-0.25, -0.2) is 0 Å². The molecule has 2 N–H and O–H groups in total. The number of benzene rings is 2. The molecule has 0 saturated carbocycles. The van der Waals surface area contributed by atoms with Crippen molar-refractivity contribution in [2.45, 2.75) is 19.4 Å². The first-order valence-corrected chi connectivity index (χ1v) is 7.96. The largest absolute Gasteiger partial charge is 0.394 e. The van der Waals surface area contributed by atoms with Gasteiger partial charge in [0.2, 0.25) is 5.91 Å². The molecule has 1 unspecified atom stereocenters. The smallest absolute Gasteiger partial charge is 0.238 e. The predicted octanol–water partition coefficient (Wildman–Crippen LogP) is 2.53. The molecule has 1 atom stereocenters. The number of hydrogen-bond acceptors (Lipinski definition) is 3. The lowest BCUT2D eigenvalue weighted by molar-refractivity contribution is -0.118. The van der Waals surface area contributed by atoms with Crippen molar-refractivity contribution in [3.8, 4) is 0 Å². The van der Waals surface area contributed by atoms with Crippen LogP contribution in [0.5, 0.6) is 0 Å². The number of hydrogen-bond donors (Lipinski definition) is 2. The number of rotatable bonds is 4. The van der Waals surface area contributed by atoms with E-state index in [0.717, 1.165) is 29.8 Å². The Morgan fingerprint density at radius 1 is 1.22 bits per heavy atom. The van der Waals surface area contributed by atoms with Gasteiger partial charge >= 0.3 is 0 Å². The number of anilines is 1. The Morgan fingerprint density at radius 3 is 2.70 bits per heavy atom. The molecule has 0 fully saturated rings. The number of carbonyl (C=O) groups excluding carboxylic acids is 1. The van der Waals surface area contributed by atoms with Gasteiger partial charge in [-0.2, -0.15) is 0 Å². The maximum atomic E-state index is 12.3. The summed E-state index contributed by atoms with van der Waals surface area (Å²) in [6.45, 7) is 3.11. The molecule has 2 aromatic carbocycles. The maximum Gasteiger partial charge on any atom is 0.238 e. The second kappa shape index (κ2) is 6.94. The van der Waals surface area contributed by atoms with Crippen LogP contribution in [0.25, 0.3) is 0 Å². The fraction of sp³-hybridized carbons (Fsp3) is 0.316. The Morgan fingerprint density at radius 2 is 1.96 bits per heavy atom. The van der Waals surface area contributed by atoms with Crippen LogP contribution in [0.1, 0.15) is 22.7 Å². The first-order chi connectivity index (χ1) is 11.2. The monoisotopic (exact) mass is 310 g/mol. The summed E-state index contributed by atoms with van der Waals surface area (Å²) < 4.78 is 0. The molecule has 1 aliphatic heterocycles. The fourth-order valence-electron chi connectivity index (χ4n) is 3.13. The van der Waals surface area contributed by atoms with Crippen LogP contribution < -0.4 is 5.32 Å². The van der Waals surface area contributed by atoms with Gasteiger partial charge in [0.15, 0.2) is 0 Å². The molecule has 0 saturated heterocycles. The Balaban J connectivity index is 1.67. The maximum absolute atomic E-state index is 12.3. The number of nitrogens with zero attached hydrogens (tertiary/aromatic N) is 1. The molecule has 4 heteroatoms. The third kappa shape index (κ3) is 3.60. The molecule has 4 nitrogen and oxygen atoms in total. The Labute approximate surface area is 136 Å². The average molecular weight is 310 g/mol. The van der Waals surface area contributed by atoms with Crippen LogP contribution in [0.15, 0.2) is 48.5 Å². The van der Waals surface area contributed by atoms with Crippen LogP contribution >= 0.6 is 0 Å². The summed E-state index contributed by atoms with van der Waals surface area (Å²) in [5.41, 5.74) is 4.36. The molecular formula is C19H22N2O2. The van der Waals surface area contributed by atoms with E-state index in [2.05, 4.69) is 11.4 Å². The third-order valence-electron chi connectivity index (χ3n) is 4.38. The van der Waals surface area contributed by atoms with Crippen molar-refractivity contribution < 1.29 is 9.90 Å². The molecule has 0 aliphatic carbocycles. The molecule has 0 aromatic heterocycles. The van der Waals surface area contributed by atoms with E-state index in [-0.39, 0.29) is 25.1 Å². The van der Waals surface area contributed by atoms with Crippen molar-refractivity contribution in [1.29, 1.82) is 0 Å². The summed E-state index contributed by atoms with van der Waals surface area (Å²) in [5.74, 6) is -0.0494. The van der Waals surface area contributed by atoms with Crippen molar-refractivity contribution in [3.05, 3.63) is 65.2 Å². The molecular weight excluding hydrogens is 288 g/mol. The summed E-state index contributed by atoms with van der Waals surface area (Å²) in [6, 6.07) is 15.8. The first kappa shape index (κ1) is 15.7. The molecule has 0 spiro atoms. The number of fused-ring (bicyclic) bond motifs is 1. The Bertz CT molecular complexity index is 682. The van der Waals surface area contributed by atoms with Gasteiger partial charge in [0, 0.05) is 12.2 Å². The summed E-state index contributed by atoms with van der Waals surface area (Å²) in [4.78, 5) is 14.4. The van der Waals surface area contributed by atoms with E-state index in [1.807, 2.05) is 54.3 Å². The summed E-state index contributed by atoms with van der Waals surface area (Å²) in [5, 5.41) is 12.7. The van der Waals surface area contributed by atoms with E-state index in [1.165, 1.54) is 5.56 Å². The highest BCUT2D eigenvalue weighted by Gasteiger charge is 2.27. The van der Waals surface area contributed by atoms with Crippen molar-refractivity contribution in [2.75, 3.05) is 25.0 Å². The lowest BCUT2D eigenvalue weighted by Crippen LogP contribution is -2.42. The molecule has 0 bridgehead atoms. The van der Waals surface area contributed by atoms with Crippen LogP contribution in [0.3, 0.4) is 0 Å². The quantitative estimate of drug-likeness (QED) is 0.912. The van der Waals surface area contributed by atoms with E-state index in [1.54, 1.807) is 0 Å². The zero-order chi connectivity index (χ0) is 16.2. The molecule has 1 aliphatic rings. The molecule has 23 heavy (non-hydrogen) atoms. The molecule has 1 amide bonds. The normalized spacial score (nSPS) is 17.6. The van der Waals surface area contributed by atoms with Gasteiger partial charge in [-0.3, -0.25) is 9.69 Å². The number of amides is 1. The second-order valence-electron chi connectivity index (χ2n) is 6.03. The van der Waals surface area contributed by atoms with E-state index in [9.17, 15) is 9.90 Å². The highest BCUT2D eigenvalue weighted by molar-refractivity contribution is 5.92. The SMILES string of the molecule is Cc1ccc(NC(=O)CN2CCc3ccccc3C2CO)cc1. The summed E-state index contributed by atoms with van der Waals surface area (Å²) in [7, 11) is 0. The second-order valence-corrected chi connectivity index (χ2v) is 6.03. The third-order valence-corrected chi connectivity index (χ3v) is 4.38. The minimum Gasteiger partial charge on any atom is -0.394 e. The van der Waals surface area contributed by atoms with Crippen LogP contribution in [0, 0.1) is 6.92 Å². The van der Waals surface area contributed by atoms with Gasteiger partial charge < -0.3 is 10.4 Å². The first-order valence-electron chi connectivity index (χ1n) is 7.96. The zero-order valence-electron chi connectivity index (χ0n) is 13.3. The molecule has 3 rings (SSSR count). The van der Waals surface area contributed by atoms with E-state index < -0.39 is 0 Å². The highest BCUT2D eigenvalue weighted by atomic mass is 16.3. The zero-order valence-corrected chi connectivity index (χ0v) is 13.3. The summed E-state index contributed by atoms with van der Waals surface area (Å²) >= 11 is 0.